The van der Waals surface area contributed by atoms with Crippen LogP contribution < -0.4 is 10.6 Å². The molecule has 0 saturated carbocycles. The highest BCUT2D eigenvalue weighted by Crippen LogP contribution is 2.29. The van der Waals surface area contributed by atoms with Gasteiger partial charge in [-0.2, -0.15) is 0 Å². The summed E-state index contributed by atoms with van der Waals surface area (Å²) in [5.41, 5.74) is 6.79. The third kappa shape index (κ3) is 6.13. The molecule has 0 bridgehead atoms. The van der Waals surface area contributed by atoms with Crippen LogP contribution in [0.15, 0.2) is 146 Å². The summed E-state index contributed by atoms with van der Waals surface area (Å²) in [5.74, 6) is 0.229. The van der Waals surface area contributed by atoms with Crippen molar-refractivity contribution in [2.75, 3.05) is 10.6 Å². The lowest BCUT2D eigenvalue weighted by Crippen LogP contribution is -2.11. The fraction of sp³-hybridized carbons (Fsp3) is 0. The van der Waals surface area contributed by atoms with Crippen LogP contribution in [0.2, 0.25) is 0 Å². The highest BCUT2D eigenvalue weighted by atomic mass is 16.2. The molecule has 0 aliphatic rings. The minimum absolute atomic E-state index is 0.164. The number of benzene rings is 5. The molecule has 5 aromatic carbocycles. The van der Waals surface area contributed by atoms with Crippen LogP contribution in [0, 0.1) is 0 Å². The van der Waals surface area contributed by atoms with Gasteiger partial charge in [-0.15, -0.1) is 0 Å². The largest absolute Gasteiger partial charge is 0.322 e. The molecular formula is C36H26N4O2. The monoisotopic (exact) mass is 546 g/mol. The van der Waals surface area contributed by atoms with E-state index in [-0.39, 0.29) is 11.8 Å². The fourth-order valence-electron chi connectivity index (χ4n) is 4.49. The molecule has 0 aliphatic heterocycles. The zero-order chi connectivity index (χ0) is 28.7. The molecule has 1 heterocycles. The predicted molar refractivity (Wildman–Crippen MR) is 167 cm³/mol. The predicted octanol–water partition coefficient (Wildman–Crippen LogP) is 7.98. The lowest BCUT2D eigenvalue weighted by molar-refractivity contribution is 0.101. The van der Waals surface area contributed by atoms with Crippen LogP contribution >= 0.6 is 0 Å². The molecule has 0 aliphatic carbocycles. The molecule has 42 heavy (non-hydrogen) atoms. The van der Waals surface area contributed by atoms with E-state index in [9.17, 15) is 9.59 Å². The summed E-state index contributed by atoms with van der Waals surface area (Å²) in [6.07, 6.45) is 0. The molecule has 202 valence electrons. The summed E-state index contributed by atoms with van der Waals surface area (Å²) in [7, 11) is 0. The van der Waals surface area contributed by atoms with E-state index in [0.29, 0.717) is 28.3 Å². The molecule has 6 heteroatoms. The Labute approximate surface area is 243 Å². The number of hydrogen-bond donors (Lipinski definition) is 2. The van der Waals surface area contributed by atoms with E-state index in [0.717, 1.165) is 28.1 Å². The number of hydrogen-bond acceptors (Lipinski definition) is 4. The van der Waals surface area contributed by atoms with Gasteiger partial charge >= 0.3 is 0 Å². The molecule has 6 aromatic rings. The normalized spacial score (nSPS) is 10.6. The first kappa shape index (κ1) is 26.3. The SMILES string of the molecule is O=C(Nc1ccc(-c2cc(-c3ccccc3)nc(-c3ccc(NC(=O)c4ccccc4)cc3)n2)cc1)c1ccccc1. The number of aromatic nitrogens is 2. The molecular weight excluding hydrogens is 520 g/mol. The van der Waals surface area contributed by atoms with Crippen molar-refractivity contribution in [3.8, 4) is 33.9 Å². The van der Waals surface area contributed by atoms with Crippen molar-refractivity contribution >= 4 is 23.2 Å². The van der Waals surface area contributed by atoms with Gasteiger partial charge in [-0.25, -0.2) is 9.97 Å². The Bertz CT molecular complexity index is 1710. The molecule has 0 radical (unpaired) electrons. The number of nitrogens with zero attached hydrogens (tertiary/aromatic N) is 2. The van der Waals surface area contributed by atoms with Gasteiger partial charge in [0.25, 0.3) is 11.8 Å². The van der Waals surface area contributed by atoms with Crippen LogP contribution in [0.1, 0.15) is 20.7 Å². The molecule has 2 amide bonds. The molecule has 0 atom stereocenters. The lowest BCUT2D eigenvalue weighted by atomic mass is 10.1. The maximum absolute atomic E-state index is 12.6. The van der Waals surface area contributed by atoms with Crippen LogP contribution in [0.25, 0.3) is 33.9 Å². The number of amides is 2. The van der Waals surface area contributed by atoms with Crippen LogP contribution in [-0.4, -0.2) is 21.8 Å². The second-order valence-corrected chi connectivity index (χ2v) is 9.62. The van der Waals surface area contributed by atoms with Crippen molar-refractivity contribution in [3.63, 3.8) is 0 Å². The first-order valence-corrected chi connectivity index (χ1v) is 13.5. The minimum atomic E-state index is -0.170. The zero-order valence-electron chi connectivity index (χ0n) is 22.6. The van der Waals surface area contributed by atoms with Crippen molar-refractivity contribution in [2.45, 2.75) is 0 Å². The Hall–Kier alpha value is -5.88. The number of nitrogens with one attached hydrogen (secondary N) is 2. The van der Waals surface area contributed by atoms with Gasteiger partial charge in [-0.1, -0.05) is 78.9 Å². The molecule has 6 rings (SSSR count). The first-order chi connectivity index (χ1) is 20.6. The second kappa shape index (κ2) is 12.1. The van der Waals surface area contributed by atoms with Crippen LogP contribution in [0.4, 0.5) is 11.4 Å². The third-order valence-corrected chi connectivity index (χ3v) is 6.71. The Morgan fingerprint density at radius 2 is 0.810 bits per heavy atom. The van der Waals surface area contributed by atoms with Gasteiger partial charge in [0, 0.05) is 39.2 Å². The van der Waals surface area contributed by atoms with Gasteiger partial charge in [-0.3, -0.25) is 9.59 Å². The van der Waals surface area contributed by atoms with Crippen LogP contribution in [0.3, 0.4) is 0 Å². The molecule has 0 fully saturated rings. The summed E-state index contributed by atoms with van der Waals surface area (Å²) < 4.78 is 0. The van der Waals surface area contributed by atoms with Gasteiger partial charge < -0.3 is 10.6 Å². The van der Waals surface area contributed by atoms with Gasteiger partial charge in [-0.05, 0) is 66.7 Å². The average molecular weight is 547 g/mol. The van der Waals surface area contributed by atoms with E-state index in [2.05, 4.69) is 10.6 Å². The number of carbonyl (C=O) groups excluding carboxylic acids is 2. The van der Waals surface area contributed by atoms with Crippen LogP contribution in [0.5, 0.6) is 0 Å². The van der Waals surface area contributed by atoms with E-state index in [1.54, 1.807) is 24.3 Å². The standard InChI is InChI=1S/C36H26N4O2/c41-35(28-12-6-2-7-13-28)37-30-20-16-26(17-21-30)33-24-32(25-10-4-1-5-11-25)39-34(40-33)27-18-22-31(23-19-27)38-36(42)29-14-8-3-9-15-29/h1-24H,(H,37,41)(H,38,42). The number of anilines is 2. The maximum atomic E-state index is 12.6. The Morgan fingerprint density at radius 1 is 0.429 bits per heavy atom. The van der Waals surface area contributed by atoms with Gasteiger partial charge in [0.05, 0.1) is 11.4 Å². The Balaban J connectivity index is 1.28. The number of carbonyl (C=O) groups is 2. The van der Waals surface area contributed by atoms with Crippen molar-refractivity contribution in [2.24, 2.45) is 0 Å². The van der Waals surface area contributed by atoms with Crippen molar-refractivity contribution in [1.82, 2.24) is 9.97 Å². The van der Waals surface area contributed by atoms with Gasteiger partial charge in [0.1, 0.15) is 0 Å². The van der Waals surface area contributed by atoms with E-state index < -0.39 is 0 Å². The smallest absolute Gasteiger partial charge is 0.255 e. The average Bonchev–Trinajstić information content (AvgIpc) is 3.06. The minimum Gasteiger partial charge on any atom is -0.322 e. The third-order valence-electron chi connectivity index (χ3n) is 6.71. The second-order valence-electron chi connectivity index (χ2n) is 9.62. The molecule has 0 unspecified atom stereocenters. The fourth-order valence-corrected chi connectivity index (χ4v) is 4.49. The summed E-state index contributed by atoms with van der Waals surface area (Å²) in [6, 6.07) is 45.2. The van der Waals surface area contributed by atoms with Crippen molar-refractivity contribution < 1.29 is 9.59 Å². The molecule has 6 nitrogen and oxygen atoms in total. The highest BCUT2D eigenvalue weighted by molar-refractivity contribution is 6.05. The van der Waals surface area contributed by atoms with Crippen molar-refractivity contribution in [3.05, 3.63) is 157 Å². The summed E-state index contributed by atoms with van der Waals surface area (Å²) in [4.78, 5) is 34.9. The quantitative estimate of drug-likeness (QED) is 0.213. The van der Waals surface area contributed by atoms with E-state index >= 15 is 0 Å². The molecule has 1 aromatic heterocycles. The highest BCUT2D eigenvalue weighted by Gasteiger charge is 2.12. The number of rotatable bonds is 7. The maximum Gasteiger partial charge on any atom is 0.255 e. The molecule has 0 spiro atoms. The van der Waals surface area contributed by atoms with Gasteiger partial charge in [0.2, 0.25) is 0 Å². The Morgan fingerprint density at radius 3 is 1.26 bits per heavy atom. The summed E-state index contributed by atoms with van der Waals surface area (Å²) >= 11 is 0. The van der Waals surface area contributed by atoms with E-state index in [1.165, 1.54) is 0 Å². The summed E-state index contributed by atoms with van der Waals surface area (Å²) in [5, 5.41) is 5.87. The molecule has 0 saturated heterocycles. The first-order valence-electron chi connectivity index (χ1n) is 13.5. The Kier molecular flexibility index (Phi) is 7.59. The van der Waals surface area contributed by atoms with Crippen molar-refractivity contribution in [1.29, 1.82) is 0 Å². The zero-order valence-corrected chi connectivity index (χ0v) is 22.6. The van der Waals surface area contributed by atoms with Crippen LogP contribution in [-0.2, 0) is 0 Å². The van der Waals surface area contributed by atoms with E-state index in [1.807, 2.05) is 121 Å². The molecule has 2 N–H and O–H groups in total. The lowest BCUT2D eigenvalue weighted by Gasteiger charge is -2.11. The summed E-state index contributed by atoms with van der Waals surface area (Å²) in [6.45, 7) is 0. The van der Waals surface area contributed by atoms with Gasteiger partial charge in [0.15, 0.2) is 5.82 Å². The topological polar surface area (TPSA) is 84.0 Å². The van der Waals surface area contributed by atoms with E-state index in [4.69, 9.17) is 9.97 Å².